The van der Waals surface area contributed by atoms with Gasteiger partial charge in [0.2, 0.25) is 0 Å². The summed E-state index contributed by atoms with van der Waals surface area (Å²) in [6, 6.07) is 4.92. The summed E-state index contributed by atoms with van der Waals surface area (Å²) in [6.07, 6.45) is 3.66. The fourth-order valence-corrected chi connectivity index (χ4v) is 2.71. The number of hydrogen-bond acceptors (Lipinski definition) is 3. The number of aliphatic hydroxyl groups excluding tert-OH is 1. The number of nitrogens with one attached hydrogen (secondary N) is 2. The van der Waals surface area contributed by atoms with Crippen LogP contribution in [0.2, 0.25) is 5.02 Å². The maximum Gasteiger partial charge on any atom is 0.319 e. The Kier molecular flexibility index (Phi) is 5.70. The summed E-state index contributed by atoms with van der Waals surface area (Å²) >= 11 is 6.33. The number of amides is 2. The second kappa shape index (κ2) is 7.52. The van der Waals surface area contributed by atoms with E-state index in [0.717, 1.165) is 18.8 Å². The molecule has 0 spiro atoms. The van der Waals surface area contributed by atoms with Crippen LogP contribution in [0.5, 0.6) is 0 Å². The number of urea groups is 1. The summed E-state index contributed by atoms with van der Waals surface area (Å²) < 4.78 is 0. The molecule has 21 heavy (non-hydrogen) atoms. The zero-order valence-electron chi connectivity index (χ0n) is 12.2. The zero-order chi connectivity index (χ0) is 15.2. The molecule has 2 amide bonds. The summed E-state index contributed by atoms with van der Waals surface area (Å²) in [6.45, 7) is 3.69. The first-order valence-electron chi connectivity index (χ1n) is 7.33. The number of aliphatic hydroxyl groups is 1. The second-order valence-electron chi connectivity index (χ2n) is 5.40. The van der Waals surface area contributed by atoms with Gasteiger partial charge in [0, 0.05) is 18.8 Å². The molecule has 0 aromatic heterocycles. The first-order chi connectivity index (χ1) is 10.1. The van der Waals surface area contributed by atoms with Crippen molar-refractivity contribution in [2.45, 2.75) is 32.2 Å². The molecule has 3 N–H and O–H groups in total. The van der Waals surface area contributed by atoms with Crippen molar-refractivity contribution in [2.75, 3.05) is 29.9 Å². The fraction of sp³-hybridized carbons (Fsp3) is 0.533. The van der Waals surface area contributed by atoms with Gasteiger partial charge in [0.15, 0.2) is 0 Å². The minimum atomic E-state index is -0.349. The van der Waals surface area contributed by atoms with Gasteiger partial charge in [-0.2, -0.15) is 0 Å². The summed E-state index contributed by atoms with van der Waals surface area (Å²) in [5, 5.41) is 14.9. The fourth-order valence-electron chi connectivity index (χ4n) is 2.41. The van der Waals surface area contributed by atoms with Crippen molar-refractivity contribution < 1.29 is 9.90 Å². The van der Waals surface area contributed by atoms with Gasteiger partial charge in [-0.3, -0.25) is 0 Å². The number of rotatable bonds is 4. The van der Waals surface area contributed by atoms with E-state index in [2.05, 4.69) is 15.5 Å². The third-order valence-electron chi connectivity index (χ3n) is 3.55. The van der Waals surface area contributed by atoms with Crippen molar-refractivity contribution in [1.29, 1.82) is 0 Å². The minimum absolute atomic E-state index is 0.0952. The van der Waals surface area contributed by atoms with Crippen molar-refractivity contribution in [3.63, 3.8) is 0 Å². The minimum Gasteiger partial charge on any atom is -0.394 e. The topological polar surface area (TPSA) is 64.6 Å². The van der Waals surface area contributed by atoms with E-state index in [0.29, 0.717) is 10.7 Å². The number of carbonyl (C=O) groups is 1. The lowest BCUT2D eigenvalue weighted by Crippen LogP contribution is -2.38. The molecule has 1 aliphatic heterocycles. The third kappa shape index (κ3) is 4.51. The van der Waals surface area contributed by atoms with Crippen LogP contribution in [0.25, 0.3) is 0 Å². The maximum absolute atomic E-state index is 11.7. The molecule has 1 atom stereocenters. The Labute approximate surface area is 130 Å². The van der Waals surface area contributed by atoms with Gasteiger partial charge >= 0.3 is 6.03 Å². The van der Waals surface area contributed by atoms with Crippen molar-refractivity contribution in [1.82, 2.24) is 5.32 Å². The van der Waals surface area contributed by atoms with Crippen LogP contribution in [0.3, 0.4) is 0 Å². The van der Waals surface area contributed by atoms with Crippen molar-refractivity contribution in [3.8, 4) is 0 Å². The van der Waals surface area contributed by atoms with Crippen LogP contribution in [-0.2, 0) is 0 Å². The number of piperidine rings is 1. The molecular weight excluding hydrogens is 290 g/mol. The lowest BCUT2D eigenvalue weighted by molar-refractivity contribution is 0.229. The quantitative estimate of drug-likeness (QED) is 0.801. The molecule has 1 saturated heterocycles. The molecule has 1 aromatic carbocycles. The van der Waals surface area contributed by atoms with E-state index in [9.17, 15) is 4.79 Å². The van der Waals surface area contributed by atoms with Gasteiger partial charge in [-0.15, -0.1) is 0 Å². The van der Waals surface area contributed by atoms with Gasteiger partial charge < -0.3 is 20.6 Å². The van der Waals surface area contributed by atoms with Crippen molar-refractivity contribution in [3.05, 3.63) is 23.2 Å². The molecule has 1 heterocycles. The molecule has 0 saturated carbocycles. The van der Waals surface area contributed by atoms with Crippen LogP contribution in [0, 0.1) is 0 Å². The molecule has 2 rings (SSSR count). The molecule has 0 radical (unpaired) electrons. The Morgan fingerprint density at radius 1 is 1.38 bits per heavy atom. The highest BCUT2D eigenvalue weighted by molar-refractivity contribution is 6.33. The number of hydrogen-bond donors (Lipinski definition) is 3. The van der Waals surface area contributed by atoms with E-state index >= 15 is 0 Å². The summed E-state index contributed by atoms with van der Waals surface area (Å²) in [7, 11) is 0. The van der Waals surface area contributed by atoms with Crippen LogP contribution in [0.15, 0.2) is 18.2 Å². The van der Waals surface area contributed by atoms with Gasteiger partial charge in [0.05, 0.1) is 23.4 Å². The van der Waals surface area contributed by atoms with Crippen molar-refractivity contribution >= 4 is 29.0 Å². The smallest absolute Gasteiger partial charge is 0.319 e. The Bertz CT molecular complexity index is 490. The first-order valence-corrected chi connectivity index (χ1v) is 7.71. The summed E-state index contributed by atoms with van der Waals surface area (Å²) in [5.41, 5.74) is 1.66. The highest BCUT2D eigenvalue weighted by Gasteiger charge is 2.14. The van der Waals surface area contributed by atoms with Crippen LogP contribution in [0.1, 0.15) is 26.2 Å². The van der Waals surface area contributed by atoms with Crippen molar-refractivity contribution in [2.24, 2.45) is 0 Å². The standard InChI is InChI=1S/C15H22ClN3O2/c1-11(10-20)17-15(21)18-12-5-6-14(13(16)9-12)19-7-3-2-4-8-19/h5-6,9,11,20H,2-4,7-8,10H2,1H3,(H2,17,18,21). The predicted molar refractivity (Wildman–Crippen MR) is 86.2 cm³/mol. The average molecular weight is 312 g/mol. The first kappa shape index (κ1) is 15.9. The number of anilines is 2. The van der Waals surface area contributed by atoms with E-state index in [1.165, 1.54) is 19.3 Å². The predicted octanol–water partition coefficient (Wildman–Crippen LogP) is 2.83. The number of halogens is 1. The molecule has 0 bridgehead atoms. The average Bonchev–Trinajstić information content (AvgIpc) is 2.48. The zero-order valence-corrected chi connectivity index (χ0v) is 13.0. The Morgan fingerprint density at radius 2 is 2.10 bits per heavy atom. The SMILES string of the molecule is CC(CO)NC(=O)Nc1ccc(N2CCCCC2)c(Cl)c1. The van der Waals surface area contributed by atoms with E-state index in [4.69, 9.17) is 16.7 Å². The van der Waals surface area contributed by atoms with E-state index < -0.39 is 0 Å². The monoisotopic (exact) mass is 311 g/mol. The van der Waals surface area contributed by atoms with E-state index in [1.54, 1.807) is 13.0 Å². The molecule has 6 heteroatoms. The number of nitrogens with zero attached hydrogens (tertiary/aromatic N) is 1. The van der Waals surface area contributed by atoms with Gasteiger partial charge in [0.1, 0.15) is 0 Å². The number of carbonyl (C=O) groups excluding carboxylic acids is 1. The van der Waals surface area contributed by atoms with Gasteiger partial charge in [-0.1, -0.05) is 11.6 Å². The largest absolute Gasteiger partial charge is 0.394 e. The van der Waals surface area contributed by atoms with Crippen LogP contribution in [-0.4, -0.2) is 36.9 Å². The Morgan fingerprint density at radius 3 is 2.71 bits per heavy atom. The summed E-state index contributed by atoms with van der Waals surface area (Å²) in [4.78, 5) is 14.0. The van der Waals surface area contributed by atoms with Crippen LogP contribution in [0.4, 0.5) is 16.2 Å². The lowest BCUT2D eigenvalue weighted by atomic mass is 10.1. The van der Waals surface area contributed by atoms with Gasteiger partial charge in [-0.05, 0) is 44.4 Å². The number of benzene rings is 1. The molecule has 116 valence electrons. The molecule has 5 nitrogen and oxygen atoms in total. The van der Waals surface area contributed by atoms with E-state index in [1.807, 2.05) is 12.1 Å². The highest BCUT2D eigenvalue weighted by Crippen LogP contribution is 2.30. The molecule has 1 fully saturated rings. The van der Waals surface area contributed by atoms with Crippen LogP contribution >= 0.6 is 11.6 Å². The Hall–Kier alpha value is -1.46. The third-order valence-corrected chi connectivity index (χ3v) is 3.86. The van der Waals surface area contributed by atoms with Gasteiger partial charge in [-0.25, -0.2) is 4.79 Å². The second-order valence-corrected chi connectivity index (χ2v) is 5.80. The molecule has 1 aromatic rings. The molecular formula is C15H22ClN3O2. The highest BCUT2D eigenvalue weighted by atomic mass is 35.5. The molecule has 1 unspecified atom stereocenters. The summed E-state index contributed by atoms with van der Waals surface area (Å²) in [5.74, 6) is 0. The lowest BCUT2D eigenvalue weighted by Gasteiger charge is -2.29. The normalized spacial score (nSPS) is 16.4. The van der Waals surface area contributed by atoms with E-state index in [-0.39, 0.29) is 18.7 Å². The molecule has 1 aliphatic rings. The Balaban J connectivity index is 1.99. The maximum atomic E-state index is 11.7. The molecule has 0 aliphatic carbocycles. The van der Waals surface area contributed by atoms with Gasteiger partial charge in [0.25, 0.3) is 0 Å². The van der Waals surface area contributed by atoms with Crippen LogP contribution < -0.4 is 15.5 Å².